The van der Waals surface area contributed by atoms with Crippen molar-refractivity contribution in [3.8, 4) is 23.0 Å². The molecule has 1 aromatic heterocycles. The first-order valence-corrected chi connectivity index (χ1v) is 9.67. The van der Waals surface area contributed by atoms with Gasteiger partial charge in [0.15, 0.2) is 0 Å². The molecule has 1 aliphatic heterocycles. The molecule has 0 spiro atoms. The molecule has 0 bridgehead atoms. The van der Waals surface area contributed by atoms with Gasteiger partial charge in [0, 0.05) is 24.1 Å². The van der Waals surface area contributed by atoms with Gasteiger partial charge < -0.3 is 13.9 Å². The van der Waals surface area contributed by atoms with E-state index in [4.69, 9.17) is 13.9 Å². The molecule has 2 aromatic carbocycles. The molecule has 0 saturated carbocycles. The molecular weight excluding hydrogens is 354 g/mol. The first-order chi connectivity index (χ1) is 13.8. The molecule has 2 heterocycles. The molecule has 0 radical (unpaired) electrons. The van der Waals surface area contributed by atoms with Crippen molar-refractivity contribution in [1.82, 2.24) is 15.1 Å². The van der Waals surface area contributed by atoms with E-state index in [1.807, 2.05) is 54.6 Å². The Labute approximate surface area is 165 Å². The van der Waals surface area contributed by atoms with Gasteiger partial charge in [-0.25, -0.2) is 0 Å². The summed E-state index contributed by atoms with van der Waals surface area (Å²) in [6, 6.07) is 17.6. The van der Waals surface area contributed by atoms with Crippen LogP contribution in [0.3, 0.4) is 0 Å². The molecule has 0 aliphatic carbocycles. The molecule has 0 amide bonds. The van der Waals surface area contributed by atoms with Gasteiger partial charge in [-0.15, -0.1) is 10.2 Å². The Bertz CT molecular complexity index is 881. The predicted octanol–water partition coefficient (Wildman–Crippen LogP) is 4.04. The Morgan fingerprint density at radius 3 is 2.79 bits per heavy atom. The molecule has 0 N–H and O–H groups in total. The lowest BCUT2D eigenvalue weighted by Gasteiger charge is -2.31. The largest absolute Gasteiger partial charge is 0.497 e. The smallest absolute Gasteiger partial charge is 0.247 e. The molecule has 3 aromatic rings. The number of rotatable bonds is 7. The molecule has 1 aliphatic rings. The summed E-state index contributed by atoms with van der Waals surface area (Å²) in [6.45, 7) is 3.38. The van der Waals surface area contributed by atoms with E-state index in [9.17, 15) is 0 Å². The maximum Gasteiger partial charge on any atom is 0.247 e. The Balaban J connectivity index is 1.31. The van der Waals surface area contributed by atoms with Gasteiger partial charge in [-0.2, -0.15) is 0 Å². The second-order valence-electron chi connectivity index (χ2n) is 7.10. The van der Waals surface area contributed by atoms with Crippen LogP contribution in [-0.2, 0) is 6.54 Å². The Hall–Kier alpha value is -2.86. The fourth-order valence-corrected chi connectivity index (χ4v) is 3.54. The van der Waals surface area contributed by atoms with Crippen molar-refractivity contribution in [1.29, 1.82) is 0 Å². The number of piperidine rings is 1. The summed E-state index contributed by atoms with van der Waals surface area (Å²) in [5.41, 5.74) is 0.949. The summed E-state index contributed by atoms with van der Waals surface area (Å²) in [5.74, 6) is 3.38. The highest BCUT2D eigenvalue weighted by Crippen LogP contribution is 2.23. The van der Waals surface area contributed by atoms with Gasteiger partial charge in [-0.05, 0) is 43.7 Å². The zero-order chi connectivity index (χ0) is 19.2. The van der Waals surface area contributed by atoms with Crippen molar-refractivity contribution >= 4 is 0 Å². The number of benzene rings is 2. The fraction of sp³-hybridized carbons (Fsp3) is 0.364. The van der Waals surface area contributed by atoms with E-state index in [-0.39, 0.29) is 0 Å². The minimum Gasteiger partial charge on any atom is -0.497 e. The first-order valence-electron chi connectivity index (χ1n) is 9.67. The lowest BCUT2D eigenvalue weighted by molar-refractivity contribution is 0.117. The second kappa shape index (κ2) is 8.89. The molecule has 4 rings (SSSR count). The Kier molecular flexibility index (Phi) is 5.87. The third-order valence-electron chi connectivity index (χ3n) is 4.98. The maximum atomic E-state index is 5.99. The fourth-order valence-electron chi connectivity index (χ4n) is 3.54. The van der Waals surface area contributed by atoms with Gasteiger partial charge in [0.05, 0.1) is 20.3 Å². The van der Waals surface area contributed by atoms with Crippen LogP contribution < -0.4 is 9.47 Å². The standard InChI is InChI=1S/C22H25N3O3/c1-26-19-10-5-11-20(13-19)27-16-17-7-6-12-25(14-17)15-21-23-24-22(28-21)18-8-3-2-4-9-18/h2-5,8-11,13,17H,6-7,12,14-16H2,1H3/t17-/m0/s1. The third-order valence-corrected chi connectivity index (χ3v) is 4.98. The molecule has 6 nitrogen and oxygen atoms in total. The minimum absolute atomic E-state index is 0.483. The van der Waals surface area contributed by atoms with Crippen molar-refractivity contribution in [2.24, 2.45) is 5.92 Å². The zero-order valence-electron chi connectivity index (χ0n) is 16.1. The Morgan fingerprint density at radius 2 is 1.93 bits per heavy atom. The van der Waals surface area contributed by atoms with Crippen molar-refractivity contribution < 1.29 is 13.9 Å². The first kappa shape index (κ1) is 18.5. The molecule has 0 unspecified atom stereocenters. The number of ether oxygens (including phenoxy) is 2. The highest BCUT2D eigenvalue weighted by Gasteiger charge is 2.22. The maximum absolute atomic E-state index is 5.99. The van der Waals surface area contributed by atoms with Gasteiger partial charge in [0.2, 0.25) is 11.8 Å². The van der Waals surface area contributed by atoms with Gasteiger partial charge in [-0.1, -0.05) is 24.3 Å². The lowest BCUT2D eigenvalue weighted by atomic mass is 9.99. The van der Waals surface area contributed by atoms with Gasteiger partial charge in [0.25, 0.3) is 0 Å². The zero-order valence-corrected chi connectivity index (χ0v) is 16.1. The van der Waals surface area contributed by atoms with Crippen LogP contribution in [0.5, 0.6) is 11.5 Å². The number of aromatic nitrogens is 2. The van der Waals surface area contributed by atoms with E-state index >= 15 is 0 Å². The molecule has 1 atom stereocenters. The van der Waals surface area contributed by atoms with E-state index < -0.39 is 0 Å². The average molecular weight is 379 g/mol. The van der Waals surface area contributed by atoms with Crippen LogP contribution in [0, 0.1) is 5.92 Å². The van der Waals surface area contributed by atoms with E-state index in [1.54, 1.807) is 7.11 Å². The number of likely N-dealkylation sites (tertiary alicyclic amines) is 1. The van der Waals surface area contributed by atoms with Crippen LogP contribution in [-0.4, -0.2) is 41.9 Å². The lowest BCUT2D eigenvalue weighted by Crippen LogP contribution is -2.37. The van der Waals surface area contributed by atoms with E-state index in [0.717, 1.165) is 36.6 Å². The van der Waals surface area contributed by atoms with Crippen LogP contribution in [0.1, 0.15) is 18.7 Å². The van der Waals surface area contributed by atoms with Crippen LogP contribution in [0.4, 0.5) is 0 Å². The van der Waals surface area contributed by atoms with Gasteiger partial charge >= 0.3 is 0 Å². The van der Waals surface area contributed by atoms with Gasteiger partial charge in [0.1, 0.15) is 11.5 Å². The molecule has 146 valence electrons. The summed E-state index contributed by atoms with van der Waals surface area (Å²) in [7, 11) is 1.67. The summed E-state index contributed by atoms with van der Waals surface area (Å²) in [5, 5.41) is 8.40. The highest BCUT2D eigenvalue weighted by atomic mass is 16.5. The van der Waals surface area contributed by atoms with Gasteiger partial charge in [-0.3, -0.25) is 4.90 Å². The SMILES string of the molecule is COc1cccc(OC[C@H]2CCCN(Cc3nnc(-c4ccccc4)o3)C2)c1. The van der Waals surface area contributed by atoms with Crippen molar-refractivity contribution in [2.75, 3.05) is 26.8 Å². The predicted molar refractivity (Wildman–Crippen MR) is 106 cm³/mol. The molecular formula is C22H25N3O3. The number of methoxy groups -OCH3 is 1. The van der Waals surface area contributed by atoms with Crippen LogP contribution >= 0.6 is 0 Å². The summed E-state index contributed by atoms with van der Waals surface area (Å²) >= 11 is 0. The molecule has 6 heteroatoms. The van der Waals surface area contributed by atoms with E-state index in [0.29, 0.717) is 30.9 Å². The summed E-state index contributed by atoms with van der Waals surface area (Å²) < 4.78 is 17.1. The van der Waals surface area contributed by atoms with Crippen LogP contribution in [0.25, 0.3) is 11.5 Å². The van der Waals surface area contributed by atoms with Crippen LogP contribution in [0.2, 0.25) is 0 Å². The van der Waals surface area contributed by atoms with Crippen LogP contribution in [0.15, 0.2) is 59.0 Å². The minimum atomic E-state index is 0.483. The molecule has 1 fully saturated rings. The Morgan fingerprint density at radius 1 is 1.07 bits per heavy atom. The molecule has 1 saturated heterocycles. The average Bonchev–Trinajstić information content (AvgIpc) is 3.22. The monoisotopic (exact) mass is 379 g/mol. The van der Waals surface area contributed by atoms with E-state index in [2.05, 4.69) is 15.1 Å². The highest BCUT2D eigenvalue weighted by molar-refractivity contribution is 5.51. The third kappa shape index (κ3) is 4.70. The topological polar surface area (TPSA) is 60.6 Å². The quantitative estimate of drug-likeness (QED) is 0.618. The molecule has 28 heavy (non-hydrogen) atoms. The van der Waals surface area contributed by atoms with Crippen molar-refractivity contribution in [3.05, 3.63) is 60.5 Å². The van der Waals surface area contributed by atoms with E-state index in [1.165, 1.54) is 6.42 Å². The van der Waals surface area contributed by atoms with Crippen molar-refractivity contribution in [2.45, 2.75) is 19.4 Å². The second-order valence-corrected chi connectivity index (χ2v) is 7.10. The van der Waals surface area contributed by atoms with Crippen molar-refractivity contribution in [3.63, 3.8) is 0 Å². The summed E-state index contributed by atoms with van der Waals surface area (Å²) in [4.78, 5) is 2.37. The number of nitrogens with zero attached hydrogens (tertiary/aromatic N) is 3. The summed E-state index contributed by atoms with van der Waals surface area (Å²) in [6.07, 6.45) is 2.31. The normalized spacial score (nSPS) is 17.4. The number of hydrogen-bond donors (Lipinski definition) is 0. The number of hydrogen-bond acceptors (Lipinski definition) is 6.